The summed E-state index contributed by atoms with van der Waals surface area (Å²) in [6.45, 7) is 5.85. The molecule has 0 aromatic heterocycles. The number of nitrogens with one attached hydrogen (secondary N) is 2. The van der Waals surface area contributed by atoms with Gasteiger partial charge in [0.05, 0.1) is 12.0 Å². The topological polar surface area (TPSA) is 169 Å². The monoisotopic (exact) mass is 534 g/mol. The quantitative estimate of drug-likeness (QED) is 0.194. The van der Waals surface area contributed by atoms with Crippen LogP contribution in [0.3, 0.4) is 0 Å². The van der Waals surface area contributed by atoms with Crippen LogP contribution in [0.1, 0.15) is 44.7 Å². The number of nitrogens with zero attached hydrogens (tertiary/aromatic N) is 1. The molecule has 0 unspecified atom stereocenters. The molecular formula is C25H34N4O7S. The third kappa shape index (κ3) is 9.30. The normalized spacial score (nSPS) is 12.9. The van der Waals surface area contributed by atoms with Crippen LogP contribution in [0.2, 0.25) is 0 Å². The third-order valence-corrected chi connectivity index (χ3v) is 6.62. The molecule has 37 heavy (non-hydrogen) atoms. The molecule has 1 atom stereocenters. The Balaban J connectivity index is 1.91. The van der Waals surface area contributed by atoms with Gasteiger partial charge in [0.15, 0.2) is 0 Å². The minimum absolute atomic E-state index is 0.000492. The van der Waals surface area contributed by atoms with Crippen molar-refractivity contribution in [3.8, 4) is 5.75 Å². The van der Waals surface area contributed by atoms with Crippen molar-refractivity contribution in [1.29, 1.82) is 0 Å². The molecule has 0 aliphatic heterocycles. The number of benzene rings is 2. The lowest BCUT2D eigenvalue weighted by Crippen LogP contribution is -2.41. The zero-order chi connectivity index (χ0) is 27.6. The second-order valence-electron chi connectivity index (χ2n) is 9.22. The first kappa shape index (κ1) is 29.4. The Labute approximate surface area is 217 Å². The van der Waals surface area contributed by atoms with Gasteiger partial charge in [-0.05, 0) is 42.0 Å². The number of ether oxygens (including phenoxy) is 2. The molecule has 0 aliphatic rings. The van der Waals surface area contributed by atoms with Gasteiger partial charge in [-0.25, -0.2) is 22.7 Å². The van der Waals surface area contributed by atoms with E-state index in [4.69, 9.17) is 15.2 Å². The molecule has 0 saturated heterocycles. The van der Waals surface area contributed by atoms with Gasteiger partial charge < -0.3 is 25.6 Å². The molecule has 0 heterocycles. The van der Waals surface area contributed by atoms with Crippen LogP contribution in [0, 0.1) is 0 Å². The number of methoxy groups -OCH3 is 1. The summed E-state index contributed by atoms with van der Waals surface area (Å²) < 4.78 is 38.2. The largest absolute Gasteiger partial charge is 0.496 e. The van der Waals surface area contributed by atoms with Gasteiger partial charge in [-0.15, -0.1) is 0 Å². The first-order valence-electron chi connectivity index (χ1n) is 11.5. The van der Waals surface area contributed by atoms with E-state index in [0.29, 0.717) is 11.3 Å². The van der Waals surface area contributed by atoms with Crippen LogP contribution in [0.5, 0.6) is 5.75 Å². The van der Waals surface area contributed by atoms with Gasteiger partial charge in [0.2, 0.25) is 5.96 Å². The molecule has 0 saturated carbocycles. The number of aliphatic imine (C=N–C) groups is 1. The Morgan fingerprint density at radius 3 is 2.41 bits per heavy atom. The molecular weight excluding hydrogens is 500 g/mol. The lowest BCUT2D eigenvalue weighted by atomic mass is 9.86. The van der Waals surface area contributed by atoms with Crippen molar-refractivity contribution in [2.24, 2.45) is 10.7 Å². The average Bonchev–Trinajstić information content (AvgIpc) is 2.83. The smallest absolute Gasteiger partial charge is 0.408 e. The van der Waals surface area contributed by atoms with Crippen LogP contribution < -0.4 is 20.5 Å². The highest BCUT2D eigenvalue weighted by Crippen LogP contribution is 2.33. The van der Waals surface area contributed by atoms with E-state index in [1.54, 1.807) is 30.3 Å². The van der Waals surface area contributed by atoms with Gasteiger partial charge in [-0.2, -0.15) is 0 Å². The van der Waals surface area contributed by atoms with Crippen LogP contribution in [-0.2, 0) is 31.6 Å². The van der Waals surface area contributed by atoms with E-state index in [1.165, 1.54) is 19.2 Å². The summed E-state index contributed by atoms with van der Waals surface area (Å²) >= 11 is 0. The maximum Gasteiger partial charge on any atom is 0.408 e. The van der Waals surface area contributed by atoms with E-state index in [2.05, 4.69) is 15.0 Å². The summed E-state index contributed by atoms with van der Waals surface area (Å²) in [5.41, 5.74) is 6.87. The number of nitrogens with two attached hydrogens (primary N) is 1. The number of carboxylic acid groups (broad SMARTS) is 1. The Kier molecular flexibility index (Phi) is 10.3. The van der Waals surface area contributed by atoms with Crippen molar-refractivity contribution in [2.45, 2.75) is 56.6 Å². The Bertz CT molecular complexity index is 1210. The molecule has 202 valence electrons. The predicted octanol–water partition coefficient (Wildman–Crippen LogP) is 2.75. The minimum Gasteiger partial charge on any atom is -0.496 e. The number of hydrogen-bond donors (Lipinski definition) is 4. The van der Waals surface area contributed by atoms with Crippen LogP contribution in [-0.4, -0.2) is 51.2 Å². The van der Waals surface area contributed by atoms with Gasteiger partial charge in [-0.3, -0.25) is 4.99 Å². The average molecular weight is 535 g/mol. The summed E-state index contributed by atoms with van der Waals surface area (Å²) in [5.74, 6) is -1.00. The molecule has 0 spiro atoms. The maximum atomic E-state index is 12.8. The summed E-state index contributed by atoms with van der Waals surface area (Å²) in [5, 5.41) is 11.7. The second kappa shape index (κ2) is 12.9. The van der Waals surface area contributed by atoms with Gasteiger partial charge >= 0.3 is 12.1 Å². The summed E-state index contributed by atoms with van der Waals surface area (Å²) in [4.78, 5) is 27.4. The highest BCUT2D eigenvalue weighted by molar-refractivity contribution is 7.90. The van der Waals surface area contributed by atoms with E-state index >= 15 is 0 Å². The molecule has 12 heteroatoms. The van der Waals surface area contributed by atoms with E-state index in [1.807, 2.05) is 26.8 Å². The number of amides is 1. The van der Waals surface area contributed by atoms with Crippen molar-refractivity contribution < 1.29 is 32.6 Å². The fraction of sp³-hybridized carbons (Fsp3) is 0.400. The summed E-state index contributed by atoms with van der Waals surface area (Å²) in [6.07, 6.45) is -0.608. The fourth-order valence-corrected chi connectivity index (χ4v) is 4.31. The van der Waals surface area contributed by atoms with E-state index in [-0.39, 0.29) is 42.3 Å². The highest BCUT2D eigenvalue weighted by atomic mass is 32.2. The molecule has 0 bridgehead atoms. The van der Waals surface area contributed by atoms with Crippen molar-refractivity contribution in [3.05, 3.63) is 59.7 Å². The number of sulfonamides is 1. The van der Waals surface area contributed by atoms with Crippen molar-refractivity contribution in [2.75, 3.05) is 13.7 Å². The molecule has 2 aromatic rings. The lowest BCUT2D eigenvalue weighted by molar-refractivity contribution is -0.139. The van der Waals surface area contributed by atoms with Crippen molar-refractivity contribution in [1.82, 2.24) is 10.0 Å². The molecule has 11 nitrogen and oxygen atoms in total. The van der Waals surface area contributed by atoms with E-state index in [9.17, 15) is 23.1 Å². The fourth-order valence-electron chi connectivity index (χ4n) is 3.33. The molecule has 1 amide bonds. The van der Waals surface area contributed by atoms with Gasteiger partial charge in [0.1, 0.15) is 18.4 Å². The van der Waals surface area contributed by atoms with Crippen molar-refractivity contribution in [3.63, 3.8) is 0 Å². The first-order chi connectivity index (χ1) is 17.3. The minimum atomic E-state index is -4.01. The molecule has 2 aromatic carbocycles. The van der Waals surface area contributed by atoms with Crippen LogP contribution in [0.25, 0.3) is 0 Å². The molecule has 5 N–H and O–H groups in total. The Hall–Kier alpha value is -3.80. The summed E-state index contributed by atoms with van der Waals surface area (Å²) in [7, 11) is -2.49. The molecule has 0 radical (unpaired) electrons. The van der Waals surface area contributed by atoms with Gasteiger partial charge in [-0.1, -0.05) is 51.1 Å². The summed E-state index contributed by atoms with van der Waals surface area (Å²) in [6, 6.07) is 12.3. The first-order valence-corrected chi connectivity index (χ1v) is 13.0. The number of guanidine groups is 1. The maximum absolute atomic E-state index is 12.8. The number of aliphatic carboxylic acids is 1. The standard InChI is InChI=1S/C25H34N4O7S/c1-25(2,3)19-15-18(12-13-21(19)35-4)37(33,34)29-23(26)27-14-8-11-20(22(30)31)28-24(32)36-16-17-9-6-5-7-10-17/h5-7,9-10,12-13,15,20H,8,11,14,16H2,1-4H3,(H,28,32)(H,30,31)(H3,26,27,29)/t20-/m0/s1. The SMILES string of the molecule is COc1ccc(S(=O)(=O)NC(N)=NCCC[C@H](NC(=O)OCc2ccccc2)C(=O)O)cc1C(C)(C)C. The predicted molar refractivity (Wildman–Crippen MR) is 139 cm³/mol. The number of hydrogen-bond acceptors (Lipinski definition) is 7. The number of alkyl carbamates (subject to hydrolysis) is 1. The molecule has 2 rings (SSSR count). The third-order valence-electron chi connectivity index (χ3n) is 5.26. The van der Waals surface area contributed by atoms with E-state index < -0.39 is 28.1 Å². The number of carboxylic acids is 1. The highest BCUT2D eigenvalue weighted by Gasteiger charge is 2.24. The molecule has 0 fully saturated rings. The Morgan fingerprint density at radius 1 is 1.14 bits per heavy atom. The second-order valence-corrected chi connectivity index (χ2v) is 10.9. The van der Waals surface area contributed by atoms with Crippen LogP contribution in [0.4, 0.5) is 4.79 Å². The lowest BCUT2D eigenvalue weighted by Gasteiger charge is -2.23. The number of carbonyl (C=O) groups excluding carboxylic acids is 1. The number of rotatable bonds is 11. The van der Waals surface area contributed by atoms with Gasteiger partial charge in [0, 0.05) is 12.1 Å². The number of carbonyl (C=O) groups is 2. The zero-order valence-corrected chi connectivity index (χ0v) is 22.2. The van der Waals surface area contributed by atoms with Crippen LogP contribution >= 0.6 is 0 Å². The molecule has 0 aliphatic carbocycles. The van der Waals surface area contributed by atoms with Crippen molar-refractivity contribution >= 4 is 28.0 Å². The Morgan fingerprint density at radius 2 is 1.81 bits per heavy atom. The van der Waals surface area contributed by atoms with Gasteiger partial charge in [0.25, 0.3) is 10.0 Å². The van der Waals surface area contributed by atoms with E-state index in [0.717, 1.165) is 5.56 Å². The zero-order valence-electron chi connectivity index (χ0n) is 21.4. The van der Waals surface area contributed by atoms with Crippen LogP contribution in [0.15, 0.2) is 58.4 Å².